The van der Waals surface area contributed by atoms with Crippen LogP contribution in [0.15, 0.2) is 42.9 Å². The lowest BCUT2D eigenvalue weighted by Gasteiger charge is -2.20. The molecule has 5 heteroatoms. The van der Waals surface area contributed by atoms with Gasteiger partial charge in [-0.3, -0.25) is 9.78 Å². The van der Waals surface area contributed by atoms with Gasteiger partial charge in [-0.05, 0) is 36.8 Å². The van der Waals surface area contributed by atoms with Gasteiger partial charge >= 0.3 is 0 Å². The lowest BCUT2D eigenvalue weighted by Crippen LogP contribution is -2.30. The molecule has 2 rings (SSSR count). The van der Waals surface area contributed by atoms with Crippen LogP contribution in [0.25, 0.3) is 0 Å². The van der Waals surface area contributed by atoms with E-state index in [9.17, 15) is 9.18 Å². The quantitative estimate of drug-likeness (QED) is 0.791. The van der Waals surface area contributed by atoms with E-state index < -0.39 is 5.95 Å². The summed E-state index contributed by atoms with van der Waals surface area (Å²) in [5.74, 6) is -0.749. The summed E-state index contributed by atoms with van der Waals surface area (Å²) in [5, 5.41) is 0. The summed E-state index contributed by atoms with van der Waals surface area (Å²) in [6.07, 6.45) is 4.63. The minimum atomic E-state index is -0.589. The van der Waals surface area contributed by atoms with E-state index in [4.69, 9.17) is 0 Å². The molecule has 2 aromatic rings. The van der Waals surface area contributed by atoms with Gasteiger partial charge in [-0.15, -0.1) is 0 Å². The van der Waals surface area contributed by atoms with Crippen molar-refractivity contribution in [2.75, 3.05) is 6.54 Å². The Bertz CT molecular complexity index is 542. The highest BCUT2D eigenvalue weighted by molar-refractivity contribution is 5.93. The van der Waals surface area contributed by atoms with Gasteiger partial charge < -0.3 is 4.90 Å². The zero-order valence-electron chi connectivity index (χ0n) is 10.6. The van der Waals surface area contributed by atoms with Crippen molar-refractivity contribution in [1.82, 2.24) is 14.9 Å². The van der Waals surface area contributed by atoms with Crippen LogP contribution in [0.2, 0.25) is 0 Å². The Balaban J connectivity index is 2.13. The van der Waals surface area contributed by atoms with Crippen LogP contribution in [0.3, 0.4) is 0 Å². The van der Waals surface area contributed by atoms with Crippen molar-refractivity contribution in [3.63, 3.8) is 0 Å². The molecule has 0 aliphatic heterocycles. The molecule has 98 valence electrons. The first-order chi connectivity index (χ1) is 9.20. The van der Waals surface area contributed by atoms with Crippen LogP contribution in [0.5, 0.6) is 0 Å². The van der Waals surface area contributed by atoms with Crippen LogP contribution in [0, 0.1) is 5.95 Å². The summed E-state index contributed by atoms with van der Waals surface area (Å²) in [7, 11) is 0. The molecule has 0 aromatic carbocycles. The van der Waals surface area contributed by atoms with E-state index in [0.29, 0.717) is 18.7 Å². The second kappa shape index (κ2) is 6.04. The summed E-state index contributed by atoms with van der Waals surface area (Å²) in [6.45, 7) is 2.96. The average molecular weight is 259 g/mol. The fraction of sp³-hybridized carbons (Fsp3) is 0.214. The highest BCUT2D eigenvalue weighted by Gasteiger charge is 2.14. The van der Waals surface area contributed by atoms with Gasteiger partial charge in [0.1, 0.15) is 0 Å². The average Bonchev–Trinajstić information content (AvgIpc) is 2.46. The number of halogens is 1. The molecule has 2 aromatic heterocycles. The first kappa shape index (κ1) is 13.1. The summed E-state index contributed by atoms with van der Waals surface area (Å²) in [4.78, 5) is 21.3. The number of nitrogens with zero attached hydrogens (tertiary/aromatic N) is 3. The molecule has 0 bridgehead atoms. The number of amides is 1. The zero-order chi connectivity index (χ0) is 13.7. The number of hydrogen-bond donors (Lipinski definition) is 0. The Morgan fingerprint density at radius 1 is 1.26 bits per heavy atom. The molecule has 0 saturated carbocycles. The summed E-state index contributed by atoms with van der Waals surface area (Å²) in [6, 6.07) is 6.35. The molecule has 4 nitrogen and oxygen atoms in total. The van der Waals surface area contributed by atoms with Gasteiger partial charge in [0.2, 0.25) is 5.95 Å². The first-order valence-electron chi connectivity index (χ1n) is 6.00. The van der Waals surface area contributed by atoms with E-state index in [1.165, 1.54) is 18.3 Å². The molecule has 0 spiro atoms. The van der Waals surface area contributed by atoms with Crippen molar-refractivity contribution in [2.45, 2.75) is 13.5 Å². The maximum Gasteiger partial charge on any atom is 0.255 e. The monoisotopic (exact) mass is 259 g/mol. The molecule has 0 atom stereocenters. The van der Waals surface area contributed by atoms with Gasteiger partial charge in [0, 0.05) is 31.7 Å². The van der Waals surface area contributed by atoms with E-state index in [1.807, 2.05) is 19.1 Å². The van der Waals surface area contributed by atoms with Gasteiger partial charge in [-0.2, -0.15) is 4.39 Å². The minimum Gasteiger partial charge on any atom is -0.335 e. The third-order valence-electron chi connectivity index (χ3n) is 2.77. The van der Waals surface area contributed by atoms with Crippen molar-refractivity contribution in [3.8, 4) is 0 Å². The Morgan fingerprint density at radius 2 is 2.00 bits per heavy atom. The molecule has 0 saturated heterocycles. The highest BCUT2D eigenvalue weighted by atomic mass is 19.1. The van der Waals surface area contributed by atoms with Crippen LogP contribution < -0.4 is 0 Å². The predicted molar refractivity (Wildman–Crippen MR) is 68.8 cm³/mol. The fourth-order valence-electron chi connectivity index (χ4n) is 1.72. The van der Waals surface area contributed by atoms with E-state index >= 15 is 0 Å². The van der Waals surface area contributed by atoms with Crippen LogP contribution in [0.1, 0.15) is 22.8 Å². The zero-order valence-corrected chi connectivity index (χ0v) is 10.6. The lowest BCUT2D eigenvalue weighted by molar-refractivity contribution is 0.0752. The maximum absolute atomic E-state index is 12.7. The van der Waals surface area contributed by atoms with Crippen LogP contribution in [0.4, 0.5) is 4.39 Å². The van der Waals surface area contributed by atoms with Crippen LogP contribution >= 0.6 is 0 Å². The molecular weight excluding hydrogens is 245 g/mol. The second-order valence-corrected chi connectivity index (χ2v) is 4.04. The smallest absolute Gasteiger partial charge is 0.255 e. The van der Waals surface area contributed by atoms with Gasteiger partial charge in [-0.1, -0.05) is 0 Å². The number of carbonyl (C=O) groups is 1. The Morgan fingerprint density at radius 3 is 2.58 bits per heavy atom. The van der Waals surface area contributed by atoms with E-state index in [0.717, 1.165) is 5.56 Å². The van der Waals surface area contributed by atoms with Gasteiger partial charge in [0.25, 0.3) is 5.91 Å². The fourth-order valence-corrected chi connectivity index (χ4v) is 1.72. The van der Waals surface area contributed by atoms with Crippen molar-refractivity contribution >= 4 is 5.91 Å². The van der Waals surface area contributed by atoms with E-state index in [2.05, 4.69) is 9.97 Å². The maximum atomic E-state index is 12.7. The van der Waals surface area contributed by atoms with Gasteiger partial charge in [0.05, 0.1) is 5.56 Å². The van der Waals surface area contributed by atoms with Crippen molar-refractivity contribution in [3.05, 3.63) is 59.9 Å². The lowest BCUT2D eigenvalue weighted by atomic mass is 10.2. The second-order valence-electron chi connectivity index (χ2n) is 4.04. The summed E-state index contributed by atoms with van der Waals surface area (Å²) >= 11 is 0. The molecule has 0 N–H and O–H groups in total. The van der Waals surface area contributed by atoms with Crippen molar-refractivity contribution in [1.29, 1.82) is 0 Å². The Labute approximate surface area is 110 Å². The SMILES string of the molecule is CCN(Cc1ccncc1)C(=O)c1ccc(F)nc1. The molecule has 0 aliphatic carbocycles. The molecule has 0 aliphatic rings. The predicted octanol–water partition coefficient (Wildman–Crippen LogP) is 2.28. The molecule has 0 unspecified atom stereocenters. The standard InChI is InChI=1S/C14H14FN3O/c1-2-18(10-11-5-7-16-8-6-11)14(19)12-3-4-13(15)17-9-12/h3-9H,2,10H2,1H3. The summed E-state index contributed by atoms with van der Waals surface area (Å²) < 4.78 is 12.7. The van der Waals surface area contributed by atoms with E-state index in [-0.39, 0.29) is 5.91 Å². The number of carbonyl (C=O) groups excluding carboxylic acids is 1. The Kier molecular flexibility index (Phi) is 4.18. The van der Waals surface area contributed by atoms with Gasteiger partial charge in [-0.25, -0.2) is 4.98 Å². The molecule has 1 amide bonds. The topological polar surface area (TPSA) is 46.1 Å². The normalized spacial score (nSPS) is 10.2. The number of hydrogen-bond acceptors (Lipinski definition) is 3. The highest BCUT2D eigenvalue weighted by Crippen LogP contribution is 2.09. The molecule has 0 fully saturated rings. The van der Waals surface area contributed by atoms with Gasteiger partial charge in [0.15, 0.2) is 0 Å². The molecule has 19 heavy (non-hydrogen) atoms. The largest absolute Gasteiger partial charge is 0.335 e. The third-order valence-corrected chi connectivity index (χ3v) is 2.77. The number of rotatable bonds is 4. The number of aromatic nitrogens is 2. The molecule has 2 heterocycles. The molecule has 0 radical (unpaired) electrons. The third kappa shape index (κ3) is 3.34. The minimum absolute atomic E-state index is 0.160. The molecular formula is C14H14FN3O. The van der Waals surface area contributed by atoms with E-state index in [1.54, 1.807) is 17.3 Å². The van der Waals surface area contributed by atoms with Crippen molar-refractivity contribution in [2.24, 2.45) is 0 Å². The van der Waals surface area contributed by atoms with Crippen LogP contribution in [-0.2, 0) is 6.54 Å². The van der Waals surface area contributed by atoms with Crippen LogP contribution in [-0.4, -0.2) is 27.3 Å². The summed E-state index contributed by atoms with van der Waals surface area (Å²) in [5.41, 5.74) is 1.39. The number of pyridine rings is 2. The first-order valence-corrected chi connectivity index (χ1v) is 6.00. The van der Waals surface area contributed by atoms with Crippen molar-refractivity contribution < 1.29 is 9.18 Å². The Hall–Kier alpha value is -2.30.